The summed E-state index contributed by atoms with van der Waals surface area (Å²) in [5.41, 5.74) is 2.75. The first-order valence-corrected chi connectivity index (χ1v) is 11.0. The van der Waals surface area contributed by atoms with Gasteiger partial charge in [-0.3, -0.25) is 9.20 Å². The fourth-order valence-corrected chi connectivity index (χ4v) is 3.88. The number of anilines is 1. The molecular weight excluding hydrogens is 432 g/mol. The highest BCUT2D eigenvalue weighted by atomic mass is 16.5. The molecule has 0 saturated heterocycles. The van der Waals surface area contributed by atoms with E-state index in [0.29, 0.717) is 23.2 Å². The van der Waals surface area contributed by atoms with E-state index in [0.717, 1.165) is 36.9 Å². The van der Waals surface area contributed by atoms with Crippen LogP contribution in [0.1, 0.15) is 43.9 Å². The molecule has 10 heteroatoms. The zero-order chi connectivity index (χ0) is 23.3. The Balaban J connectivity index is 1.27. The molecule has 0 amide bonds. The molecule has 0 bridgehead atoms. The van der Waals surface area contributed by atoms with Crippen molar-refractivity contribution in [3.8, 4) is 23.4 Å². The summed E-state index contributed by atoms with van der Waals surface area (Å²) in [4.78, 5) is 29.0. The second-order valence-corrected chi connectivity index (χ2v) is 8.02. The fraction of sp³-hybridized carbons (Fsp3) is 0.292. The molecule has 0 unspecified atom stereocenters. The molecule has 0 spiro atoms. The standard InChI is InChI=1S/C24H22N8O2/c1-16(33)34-20-6-4-18(5-7-20)29-24-26-12-9-21(30-24)23-25-11-8-19(28-23)3-2-17-10-13-32-15-27-31-22(32)14-17/h8-15,18,20H,4-7H2,1H3,(H,26,29,30)/t18-,20+. The molecule has 1 saturated carbocycles. The van der Waals surface area contributed by atoms with Gasteiger partial charge < -0.3 is 10.1 Å². The number of fused-ring (bicyclic) bond motifs is 1. The molecule has 0 radical (unpaired) electrons. The Morgan fingerprint density at radius 2 is 1.94 bits per heavy atom. The number of hydrogen-bond donors (Lipinski definition) is 1. The molecule has 1 aliphatic rings. The molecule has 10 nitrogen and oxygen atoms in total. The molecule has 5 rings (SSSR count). The third kappa shape index (κ3) is 5.15. The van der Waals surface area contributed by atoms with E-state index in [4.69, 9.17) is 4.74 Å². The SMILES string of the molecule is CC(=O)O[C@H]1CC[C@@H](Nc2nccc(-c3nccc(C#Cc4ccn5cnnc5c4)n3)n2)CC1. The zero-order valence-corrected chi connectivity index (χ0v) is 18.5. The maximum atomic E-state index is 11.1. The van der Waals surface area contributed by atoms with Gasteiger partial charge >= 0.3 is 5.97 Å². The van der Waals surface area contributed by atoms with Gasteiger partial charge in [0.2, 0.25) is 5.95 Å². The average molecular weight is 454 g/mol. The Morgan fingerprint density at radius 3 is 2.79 bits per heavy atom. The van der Waals surface area contributed by atoms with Crippen LogP contribution in [-0.2, 0) is 9.53 Å². The summed E-state index contributed by atoms with van der Waals surface area (Å²) in [5.74, 6) is 6.95. The fourth-order valence-electron chi connectivity index (χ4n) is 3.88. The van der Waals surface area contributed by atoms with Crippen LogP contribution < -0.4 is 5.32 Å². The Bertz CT molecular complexity index is 1380. The zero-order valence-electron chi connectivity index (χ0n) is 18.5. The number of nitrogens with zero attached hydrogens (tertiary/aromatic N) is 7. The first-order chi connectivity index (χ1) is 16.6. The topological polar surface area (TPSA) is 120 Å². The highest BCUT2D eigenvalue weighted by Crippen LogP contribution is 2.24. The molecule has 4 aromatic rings. The Labute approximate surface area is 195 Å². The van der Waals surface area contributed by atoms with Crippen LogP contribution in [0.2, 0.25) is 0 Å². The lowest BCUT2D eigenvalue weighted by atomic mass is 9.93. The lowest BCUT2D eigenvalue weighted by Gasteiger charge is -2.28. The molecule has 1 fully saturated rings. The van der Waals surface area contributed by atoms with E-state index in [1.165, 1.54) is 6.92 Å². The predicted octanol–water partition coefficient (Wildman–Crippen LogP) is 2.66. The monoisotopic (exact) mass is 454 g/mol. The number of carbonyl (C=O) groups is 1. The summed E-state index contributed by atoms with van der Waals surface area (Å²) >= 11 is 0. The van der Waals surface area contributed by atoms with Gasteiger partial charge in [-0.1, -0.05) is 5.92 Å². The van der Waals surface area contributed by atoms with E-state index in [1.807, 2.05) is 22.7 Å². The lowest BCUT2D eigenvalue weighted by molar-refractivity contribution is -0.147. The van der Waals surface area contributed by atoms with Gasteiger partial charge in [0.25, 0.3) is 0 Å². The number of rotatable bonds is 4. The summed E-state index contributed by atoms with van der Waals surface area (Å²) in [5, 5.41) is 11.3. The van der Waals surface area contributed by atoms with Crippen LogP contribution in [0.15, 0.2) is 49.2 Å². The summed E-state index contributed by atoms with van der Waals surface area (Å²) in [6.07, 6.45) is 10.3. The van der Waals surface area contributed by atoms with Crippen molar-refractivity contribution in [3.05, 3.63) is 60.4 Å². The Morgan fingerprint density at radius 1 is 1.09 bits per heavy atom. The lowest BCUT2D eigenvalue weighted by Crippen LogP contribution is -2.31. The second-order valence-electron chi connectivity index (χ2n) is 8.02. The molecule has 0 aliphatic heterocycles. The number of hydrogen-bond acceptors (Lipinski definition) is 9. The molecule has 1 aliphatic carbocycles. The molecule has 4 heterocycles. The Hall–Kier alpha value is -4.39. The summed E-state index contributed by atoms with van der Waals surface area (Å²) in [6.45, 7) is 1.45. The molecule has 0 aromatic carbocycles. The van der Waals surface area contributed by atoms with Crippen molar-refractivity contribution in [2.45, 2.75) is 44.8 Å². The van der Waals surface area contributed by atoms with Crippen LogP contribution in [0, 0.1) is 11.8 Å². The minimum Gasteiger partial charge on any atom is -0.463 e. The minimum absolute atomic E-state index is 0.00154. The van der Waals surface area contributed by atoms with Crippen LogP contribution in [0.5, 0.6) is 0 Å². The van der Waals surface area contributed by atoms with Crippen LogP contribution in [0.25, 0.3) is 17.2 Å². The normalized spacial score (nSPS) is 17.6. The summed E-state index contributed by atoms with van der Waals surface area (Å²) in [6, 6.07) is 7.52. The van der Waals surface area contributed by atoms with Gasteiger partial charge in [0.05, 0.1) is 0 Å². The van der Waals surface area contributed by atoms with Gasteiger partial charge in [0.1, 0.15) is 23.8 Å². The molecule has 1 N–H and O–H groups in total. The number of nitrogens with one attached hydrogen (secondary N) is 1. The van der Waals surface area contributed by atoms with Gasteiger partial charge in [-0.15, -0.1) is 10.2 Å². The van der Waals surface area contributed by atoms with Crippen molar-refractivity contribution in [1.82, 2.24) is 34.5 Å². The number of carbonyl (C=O) groups excluding carboxylic acids is 1. The average Bonchev–Trinajstić information content (AvgIpc) is 3.32. The highest BCUT2D eigenvalue weighted by molar-refractivity contribution is 5.66. The number of pyridine rings is 1. The van der Waals surface area contributed by atoms with Crippen molar-refractivity contribution in [3.63, 3.8) is 0 Å². The van der Waals surface area contributed by atoms with Gasteiger partial charge in [0.15, 0.2) is 11.5 Å². The molecule has 4 aromatic heterocycles. The van der Waals surface area contributed by atoms with Crippen LogP contribution in [0.3, 0.4) is 0 Å². The second kappa shape index (κ2) is 9.62. The molecule has 34 heavy (non-hydrogen) atoms. The molecule has 0 atom stereocenters. The largest absolute Gasteiger partial charge is 0.463 e. The third-order valence-electron chi connectivity index (χ3n) is 5.52. The predicted molar refractivity (Wildman–Crippen MR) is 123 cm³/mol. The molecular formula is C24H22N8O2. The minimum atomic E-state index is -0.226. The highest BCUT2D eigenvalue weighted by Gasteiger charge is 2.23. The van der Waals surface area contributed by atoms with Crippen molar-refractivity contribution in [1.29, 1.82) is 0 Å². The maximum Gasteiger partial charge on any atom is 0.302 e. The van der Waals surface area contributed by atoms with E-state index < -0.39 is 0 Å². The Kier molecular flexibility index (Phi) is 6.07. The van der Waals surface area contributed by atoms with E-state index in [1.54, 1.807) is 30.9 Å². The van der Waals surface area contributed by atoms with Crippen LogP contribution in [-0.4, -0.2) is 52.6 Å². The smallest absolute Gasteiger partial charge is 0.302 e. The summed E-state index contributed by atoms with van der Waals surface area (Å²) in [7, 11) is 0. The first kappa shape index (κ1) is 21.5. The van der Waals surface area contributed by atoms with Crippen molar-refractivity contribution in [2.75, 3.05) is 5.32 Å². The van der Waals surface area contributed by atoms with Gasteiger partial charge in [-0.2, -0.15) is 0 Å². The number of aromatic nitrogens is 7. The number of esters is 1. The van der Waals surface area contributed by atoms with Crippen LogP contribution in [0.4, 0.5) is 5.95 Å². The maximum absolute atomic E-state index is 11.1. The van der Waals surface area contributed by atoms with E-state index in [2.05, 4.69) is 47.3 Å². The van der Waals surface area contributed by atoms with E-state index in [9.17, 15) is 4.79 Å². The van der Waals surface area contributed by atoms with Gasteiger partial charge in [-0.25, -0.2) is 19.9 Å². The van der Waals surface area contributed by atoms with Crippen molar-refractivity contribution >= 4 is 17.6 Å². The first-order valence-electron chi connectivity index (χ1n) is 11.0. The third-order valence-corrected chi connectivity index (χ3v) is 5.52. The van der Waals surface area contributed by atoms with Gasteiger partial charge in [0, 0.05) is 37.1 Å². The van der Waals surface area contributed by atoms with Crippen molar-refractivity contribution in [2.24, 2.45) is 0 Å². The molecule has 170 valence electrons. The van der Waals surface area contributed by atoms with E-state index >= 15 is 0 Å². The number of ether oxygens (including phenoxy) is 1. The van der Waals surface area contributed by atoms with Crippen LogP contribution >= 0.6 is 0 Å². The van der Waals surface area contributed by atoms with E-state index in [-0.39, 0.29) is 18.1 Å². The summed E-state index contributed by atoms with van der Waals surface area (Å²) < 4.78 is 7.13. The van der Waals surface area contributed by atoms with Gasteiger partial charge in [-0.05, 0) is 55.9 Å². The van der Waals surface area contributed by atoms with Crippen molar-refractivity contribution < 1.29 is 9.53 Å². The quantitative estimate of drug-likeness (QED) is 0.366.